The van der Waals surface area contributed by atoms with Crippen molar-refractivity contribution in [3.05, 3.63) is 34.6 Å². The molecule has 0 atom stereocenters. The lowest BCUT2D eigenvalue weighted by molar-refractivity contribution is -0.139. The van der Waals surface area contributed by atoms with Crippen molar-refractivity contribution >= 4 is 23.5 Å². The van der Waals surface area contributed by atoms with Gasteiger partial charge in [0.2, 0.25) is 0 Å². The number of nitrogen functional groups attached to an aromatic ring is 1. The number of thioether (sulfide) groups is 1. The first-order valence-electron chi connectivity index (χ1n) is 6.73. The van der Waals surface area contributed by atoms with Gasteiger partial charge in [-0.2, -0.15) is 4.98 Å². The summed E-state index contributed by atoms with van der Waals surface area (Å²) in [5.74, 6) is 0.0310. The minimum Gasteiger partial charge on any atom is -0.465 e. The summed E-state index contributed by atoms with van der Waals surface area (Å²) in [6.07, 6.45) is 3.97. The first kappa shape index (κ1) is 16.1. The van der Waals surface area contributed by atoms with E-state index < -0.39 is 5.56 Å². The minimum absolute atomic E-state index is 0.0772. The Morgan fingerprint density at radius 3 is 3.05 bits per heavy atom. The van der Waals surface area contributed by atoms with Crippen LogP contribution in [0.5, 0.6) is 0 Å². The zero-order valence-electron chi connectivity index (χ0n) is 12.1. The van der Waals surface area contributed by atoms with E-state index in [0.717, 1.165) is 17.5 Å². The second-order valence-corrected chi connectivity index (χ2v) is 5.32. The highest BCUT2D eigenvalue weighted by Gasteiger charge is 2.11. The second-order valence-electron chi connectivity index (χ2n) is 4.37. The van der Waals surface area contributed by atoms with E-state index in [1.807, 2.05) is 0 Å². The van der Waals surface area contributed by atoms with Crippen molar-refractivity contribution in [1.29, 1.82) is 0 Å². The summed E-state index contributed by atoms with van der Waals surface area (Å²) >= 11 is 1.13. The smallest absolute Gasteiger partial charge is 0.316 e. The maximum absolute atomic E-state index is 11.5. The van der Waals surface area contributed by atoms with Crippen LogP contribution in [0.3, 0.4) is 0 Å². The molecule has 0 aliphatic carbocycles. The molecule has 2 heterocycles. The first-order valence-corrected chi connectivity index (χ1v) is 7.71. The summed E-state index contributed by atoms with van der Waals surface area (Å²) in [4.78, 5) is 33.8. The molecule has 118 valence electrons. The maximum atomic E-state index is 11.5. The van der Waals surface area contributed by atoms with Gasteiger partial charge in [0.15, 0.2) is 5.16 Å². The Labute approximate surface area is 131 Å². The number of imidazole rings is 1. The average Bonchev–Trinajstić information content (AvgIpc) is 2.97. The lowest BCUT2D eigenvalue weighted by Crippen LogP contribution is -2.19. The summed E-state index contributed by atoms with van der Waals surface area (Å²) < 4.78 is 6.56. The largest absolute Gasteiger partial charge is 0.465 e. The minimum atomic E-state index is -0.429. The van der Waals surface area contributed by atoms with Crippen LogP contribution in [-0.2, 0) is 22.5 Å². The van der Waals surface area contributed by atoms with Crippen LogP contribution in [0.25, 0.3) is 0 Å². The third-order valence-corrected chi connectivity index (χ3v) is 3.75. The van der Waals surface area contributed by atoms with E-state index in [2.05, 4.69) is 15.0 Å². The number of nitrogens with two attached hydrogens (primary N) is 1. The normalized spacial score (nSPS) is 10.6. The van der Waals surface area contributed by atoms with Crippen LogP contribution in [0.15, 0.2) is 28.5 Å². The maximum Gasteiger partial charge on any atom is 0.316 e. The van der Waals surface area contributed by atoms with Gasteiger partial charge in [-0.15, -0.1) is 0 Å². The molecule has 0 spiro atoms. The molecule has 2 aromatic heterocycles. The van der Waals surface area contributed by atoms with Gasteiger partial charge in [-0.25, -0.2) is 4.98 Å². The zero-order chi connectivity index (χ0) is 15.9. The van der Waals surface area contributed by atoms with Gasteiger partial charge in [-0.1, -0.05) is 11.8 Å². The Morgan fingerprint density at radius 1 is 1.55 bits per heavy atom. The molecule has 0 saturated heterocycles. The van der Waals surface area contributed by atoms with E-state index >= 15 is 0 Å². The van der Waals surface area contributed by atoms with E-state index in [-0.39, 0.29) is 11.7 Å². The standard InChI is InChI=1S/C13H17N5O3S/c1-2-21-12(20)7-22-13-17-11(19)5-10(14)18(13)4-3-9-6-15-8-16-9/h5-6,8H,2-4,7,14H2,1H3,(H,15,16). The number of aryl methyl sites for hydroxylation is 1. The molecule has 0 aromatic carbocycles. The highest BCUT2D eigenvalue weighted by atomic mass is 32.2. The zero-order valence-corrected chi connectivity index (χ0v) is 12.9. The molecule has 0 aliphatic heterocycles. The fourth-order valence-electron chi connectivity index (χ4n) is 1.82. The first-order chi connectivity index (χ1) is 10.6. The summed E-state index contributed by atoms with van der Waals surface area (Å²) in [5.41, 5.74) is 6.41. The highest BCUT2D eigenvalue weighted by Crippen LogP contribution is 2.18. The van der Waals surface area contributed by atoms with E-state index in [1.54, 1.807) is 24.0 Å². The van der Waals surface area contributed by atoms with Crippen LogP contribution in [0, 0.1) is 0 Å². The molecule has 0 radical (unpaired) electrons. The van der Waals surface area contributed by atoms with Crippen LogP contribution < -0.4 is 11.3 Å². The number of ether oxygens (including phenoxy) is 1. The number of aromatic amines is 1. The lowest BCUT2D eigenvalue weighted by atomic mass is 10.3. The van der Waals surface area contributed by atoms with Crippen molar-refractivity contribution in [3.63, 3.8) is 0 Å². The summed E-state index contributed by atoms with van der Waals surface area (Å²) in [6.45, 7) is 2.57. The van der Waals surface area contributed by atoms with E-state index in [1.165, 1.54) is 6.07 Å². The van der Waals surface area contributed by atoms with E-state index in [0.29, 0.717) is 30.5 Å². The van der Waals surface area contributed by atoms with E-state index in [9.17, 15) is 9.59 Å². The van der Waals surface area contributed by atoms with Crippen LogP contribution >= 0.6 is 11.8 Å². The Hall–Kier alpha value is -2.29. The Morgan fingerprint density at radius 2 is 2.36 bits per heavy atom. The monoisotopic (exact) mass is 323 g/mol. The average molecular weight is 323 g/mol. The Balaban J connectivity index is 2.12. The molecule has 0 fully saturated rings. The number of anilines is 1. The SMILES string of the molecule is CCOC(=O)CSc1nc(=O)cc(N)n1CCc1cnc[nH]1. The Kier molecular flexibility index (Phi) is 5.59. The number of hydrogen-bond donors (Lipinski definition) is 2. The van der Waals surface area contributed by atoms with Crippen LogP contribution in [0.1, 0.15) is 12.6 Å². The topological polar surface area (TPSA) is 116 Å². The van der Waals surface area contributed by atoms with Crippen molar-refractivity contribution in [2.24, 2.45) is 0 Å². The summed E-state index contributed by atoms with van der Waals surface area (Å²) in [7, 11) is 0. The van der Waals surface area contributed by atoms with Crippen molar-refractivity contribution in [1.82, 2.24) is 19.5 Å². The van der Waals surface area contributed by atoms with Crippen molar-refractivity contribution in [2.75, 3.05) is 18.1 Å². The number of rotatable bonds is 7. The molecule has 0 saturated carbocycles. The number of esters is 1. The second kappa shape index (κ2) is 7.64. The fourth-order valence-corrected chi connectivity index (χ4v) is 2.65. The number of aromatic nitrogens is 4. The van der Waals surface area contributed by atoms with Gasteiger partial charge in [0, 0.05) is 30.9 Å². The Bertz CT molecular complexity index is 683. The van der Waals surface area contributed by atoms with Gasteiger partial charge in [-0.3, -0.25) is 9.59 Å². The van der Waals surface area contributed by atoms with Gasteiger partial charge < -0.3 is 20.0 Å². The van der Waals surface area contributed by atoms with Gasteiger partial charge in [0.1, 0.15) is 5.82 Å². The number of H-pyrrole nitrogens is 1. The number of hydrogen-bond acceptors (Lipinski definition) is 7. The number of nitrogens with zero attached hydrogens (tertiary/aromatic N) is 3. The van der Waals surface area contributed by atoms with Gasteiger partial charge in [-0.05, 0) is 6.92 Å². The lowest BCUT2D eigenvalue weighted by Gasteiger charge is -2.13. The number of carbonyl (C=O) groups is 1. The van der Waals surface area contributed by atoms with E-state index in [4.69, 9.17) is 10.5 Å². The number of carbonyl (C=O) groups excluding carboxylic acids is 1. The predicted octanol–water partition coefficient (Wildman–Crippen LogP) is 0.446. The highest BCUT2D eigenvalue weighted by molar-refractivity contribution is 7.99. The quantitative estimate of drug-likeness (QED) is 0.431. The van der Waals surface area contributed by atoms with Crippen LogP contribution in [0.4, 0.5) is 5.82 Å². The molecule has 2 rings (SSSR count). The van der Waals surface area contributed by atoms with Gasteiger partial charge in [0.25, 0.3) is 5.56 Å². The van der Waals surface area contributed by atoms with Crippen molar-refractivity contribution in [3.8, 4) is 0 Å². The van der Waals surface area contributed by atoms with Gasteiger partial charge >= 0.3 is 5.97 Å². The molecule has 0 unspecified atom stereocenters. The molecule has 22 heavy (non-hydrogen) atoms. The third-order valence-electron chi connectivity index (χ3n) is 2.80. The molecule has 2 aromatic rings. The molecule has 0 aliphatic rings. The van der Waals surface area contributed by atoms with Crippen molar-refractivity contribution < 1.29 is 9.53 Å². The van der Waals surface area contributed by atoms with Crippen LogP contribution in [-0.4, -0.2) is 37.8 Å². The molecule has 3 N–H and O–H groups in total. The molecule has 9 heteroatoms. The molecule has 0 amide bonds. The summed E-state index contributed by atoms with van der Waals surface area (Å²) in [6, 6.07) is 1.27. The fraction of sp³-hybridized carbons (Fsp3) is 0.385. The predicted molar refractivity (Wildman–Crippen MR) is 82.6 cm³/mol. The third kappa shape index (κ3) is 4.35. The number of nitrogens with one attached hydrogen (secondary N) is 1. The van der Waals surface area contributed by atoms with Crippen molar-refractivity contribution in [2.45, 2.75) is 25.0 Å². The molecule has 8 nitrogen and oxygen atoms in total. The molecular formula is C13H17N5O3S. The molecular weight excluding hydrogens is 306 g/mol. The van der Waals surface area contributed by atoms with Gasteiger partial charge in [0.05, 0.1) is 18.7 Å². The molecule has 0 bridgehead atoms. The summed E-state index contributed by atoms with van der Waals surface area (Å²) in [5, 5.41) is 0.401. The van der Waals surface area contributed by atoms with Crippen LogP contribution in [0.2, 0.25) is 0 Å².